The molecule has 3 nitrogen and oxygen atoms in total. The van der Waals surface area contributed by atoms with Gasteiger partial charge in [-0.2, -0.15) is 0 Å². The molecule has 1 N–H and O–H groups in total. The van der Waals surface area contributed by atoms with Crippen molar-refractivity contribution in [2.24, 2.45) is 0 Å². The van der Waals surface area contributed by atoms with Crippen molar-refractivity contribution in [2.45, 2.75) is 13.8 Å². The van der Waals surface area contributed by atoms with Crippen LogP contribution in [0.15, 0.2) is 28.9 Å². The Labute approximate surface area is 82.0 Å². The minimum absolute atomic E-state index is 0.218. The summed E-state index contributed by atoms with van der Waals surface area (Å²) in [7, 11) is 0. The van der Waals surface area contributed by atoms with Crippen molar-refractivity contribution in [1.29, 1.82) is 0 Å². The van der Waals surface area contributed by atoms with Gasteiger partial charge >= 0.3 is 0 Å². The molecule has 0 saturated heterocycles. The van der Waals surface area contributed by atoms with Gasteiger partial charge in [0.1, 0.15) is 5.75 Å². The van der Waals surface area contributed by atoms with E-state index in [9.17, 15) is 5.11 Å². The maximum atomic E-state index is 9.64. The third kappa shape index (κ3) is 1.37. The molecule has 3 heteroatoms. The second kappa shape index (κ2) is 3.18. The predicted molar refractivity (Wildman–Crippen MR) is 53.1 cm³/mol. The molecule has 0 saturated carbocycles. The average Bonchev–Trinajstić information content (AvgIpc) is 2.56. The lowest BCUT2D eigenvalue weighted by molar-refractivity contribution is 0.425. The SMILES string of the molecule is Cc1ccc(O)c(-c2oncc2C)c1. The smallest absolute Gasteiger partial charge is 0.173 e. The Morgan fingerprint density at radius 3 is 2.71 bits per heavy atom. The Balaban J connectivity index is 2.62. The van der Waals surface area contributed by atoms with E-state index < -0.39 is 0 Å². The zero-order valence-electron chi connectivity index (χ0n) is 8.11. The van der Waals surface area contributed by atoms with E-state index in [4.69, 9.17) is 4.52 Å². The van der Waals surface area contributed by atoms with Gasteiger partial charge in [0.15, 0.2) is 5.76 Å². The molecule has 0 amide bonds. The van der Waals surface area contributed by atoms with Gasteiger partial charge in [0.2, 0.25) is 0 Å². The molecule has 2 aromatic rings. The van der Waals surface area contributed by atoms with Gasteiger partial charge in [-0.1, -0.05) is 16.8 Å². The second-order valence-electron chi connectivity index (χ2n) is 3.36. The largest absolute Gasteiger partial charge is 0.507 e. The Bertz CT molecular complexity index is 460. The highest BCUT2D eigenvalue weighted by Crippen LogP contribution is 2.31. The molecule has 0 aliphatic carbocycles. The normalized spacial score (nSPS) is 10.4. The number of hydrogen-bond acceptors (Lipinski definition) is 3. The van der Waals surface area contributed by atoms with E-state index in [0.717, 1.165) is 11.1 Å². The molecule has 0 bridgehead atoms. The van der Waals surface area contributed by atoms with Crippen LogP contribution < -0.4 is 0 Å². The van der Waals surface area contributed by atoms with E-state index in [2.05, 4.69) is 5.16 Å². The standard InChI is InChI=1S/C11H11NO2/c1-7-3-4-10(13)9(5-7)11-8(2)6-12-14-11/h3-6,13H,1-2H3. The summed E-state index contributed by atoms with van der Waals surface area (Å²) in [6.45, 7) is 3.86. The summed E-state index contributed by atoms with van der Waals surface area (Å²) in [5, 5.41) is 13.3. The second-order valence-corrected chi connectivity index (χ2v) is 3.36. The van der Waals surface area contributed by atoms with Crippen LogP contribution >= 0.6 is 0 Å². The van der Waals surface area contributed by atoms with E-state index in [1.807, 2.05) is 26.0 Å². The first kappa shape index (κ1) is 8.81. The molecular formula is C11H11NO2. The zero-order valence-corrected chi connectivity index (χ0v) is 8.11. The van der Waals surface area contributed by atoms with Gasteiger partial charge in [0.25, 0.3) is 0 Å². The van der Waals surface area contributed by atoms with E-state index in [-0.39, 0.29) is 5.75 Å². The molecule has 0 aliphatic rings. The molecule has 72 valence electrons. The molecule has 0 aliphatic heterocycles. The molecule has 0 spiro atoms. The average molecular weight is 189 g/mol. The fourth-order valence-electron chi connectivity index (χ4n) is 1.38. The summed E-state index contributed by atoms with van der Waals surface area (Å²) in [6.07, 6.45) is 1.64. The van der Waals surface area contributed by atoms with Gasteiger partial charge in [-0.25, -0.2) is 0 Å². The summed E-state index contributed by atoms with van der Waals surface area (Å²) in [5.74, 6) is 0.849. The van der Waals surface area contributed by atoms with Gasteiger partial charge in [0.05, 0.1) is 11.8 Å². The summed E-state index contributed by atoms with van der Waals surface area (Å²) in [6, 6.07) is 5.39. The van der Waals surface area contributed by atoms with Crippen LogP contribution in [0.25, 0.3) is 11.3 Å². The molecule has 0 radical (unpaired) electrons. The maximum Gasteiger partial charge on any atom is 0.173 e. The van der Waals surface area contributed by atoms with Crippen molar-refractivity contribution >= 4 is 0 Å². The number of rotatable bonds is 1. The van der Waals surface area contributed by atoms with Gasteiger partial charge in [-0.15, -0.1) is 0 Å². The fraction of sp³-hybridized carbons (Fsp3) is 0.182. The van der Waals surface area contributed by atoms with Crippen molar-refractivity contribution in [3.63, 3.8) is 0 Å². The highest BCUT2D eigenvalue weighted by molar-refractivity contribution is 5.68. The Morgan fingerprint density at radius 1 is 1.29 bits per heavy atom. The lowest BCUT2D eigenvalue weighted by Crippen LogP contribution is -1.80. The summed E-state index contributed by atoms with van der Waals surface area (Å²) in [4.78, 5) is 0. The summed E-state index contributed by atoms with van der Waals surface area (Å²) < 4.78 is 5.08. The van der Waals surface area contributed by atoms with E-state index in [0.29, 0.717) is 11.3 Å². The van der Waals surface area contributed by atoms with Crippen molar-refractivity contribution in [3.8, 4) is 17.1 Å². The number of phenols is 1. The number of phenolic OH excluding ortho intramolecular Hbond substituents is 1. The third-order valence-corrected chi connectivity index (χ3v) is 2.15. The number of benzene rings is 1. The van der Waals surface area contributed by atoms with Crippen LogP contribution in [0.4, 0.5) is 0 Å². The van der Waals surface area contributed by atoms with Crippen LogP contribution in [0, 0.1) is 13.8 Å². The van der Waals surface area contributed by atoms with Gasteiger partial charge in [-0.3, -0.25) is 0 Å². The molecule has 14 heavy (non-hydrogen) atoms. The van der Waals surface area contributed by atoms with Gasteiger partial charge < -0.3 is 9.63 Å². The monoisotopic (exact) mass is 189 g/mol. The number of aromatic nitrogens is 1. The molecule has 0 atom stereocenters. The topological polar surface area (TPSA) is 46.3 Å². The number of aromatic hydroxyl groups is 1. The highest BCUT2D eigenvalue weighted by atomic mass is 16.5. The maximum absolute atomic E-state index is 9.64. The van der Waals surface area contributed by atoms with Crippen LogP contribution in [-0.2, 0) is 0 Å². The quantitative estimate of drug-likeness (QED) is 0.750. The van der Waals surface area contributed by atoms with Crippen molar-refractivity contribution in [3.05, 3.63) is 35.5 Å². The van der Waals surface area contributed by atoms with Crippen molar-refractivity contribution in [1.82, 2.24) is 5.16 Å². The molecule has 1 aromatic heterocycles. The first-order valence-electron chi connectivity index (χ1n) is 4.40. The van der Waals surface area contributed by atoms with Crippen LogP contribution in [0.3, 0.4) is 0 Å². The summed E-state index contributed by atoms with van der Waals surface area (Å²) >= 11 is 0. The Hall–Kier alpha value is -1.77. The van der Waals surface area contributed by atoms with Crippen LogP contribution in [0.2, 0.25) is 0 Å². The lowest BCUT2D eigenvalue weighted by Gasteiger charge is -2.02. The number of nitrogens with zero attached hydrogens (tertiary/aromatic N) is 1. The Kier molecular flexibility index (Phi) is 2.00. The van der Waals surface area contributed by atoms with Gasteiger partial charge in [0, 0.05) is 5.56 Å². The summed E-state index contributed by atoms with van der Waals surface area (Å²) in [5.41, 5.74) is 2.69. The van der Waals surface area contributed by atoms with E-state index in [1.54, 1.807) is 12.3 Å². The minimum Gasteiger partial charge on any atom is -0.507 e. The zero-order chi connectivity index (χ0) is 10.1. The van der Waals surface area contributed by atoms with Crippen LogP contribution in [-0.4, -0.2) is 10.3 Å². The molecule has 1 heterocycles. The van der Waals surface area contributed by atoms with Gasteiger partial charge in [-0.05, 0) is 26.0 Å². The fourth-order valence-corrected chi connectivity index (χ4v) is 1.38. The first-order chi connectivity index (χ1) is 6.68. The first-order valence-corrected chi connectivity index (χ1v) is 4.40. The van der Waals surface area contributed by atoms with Crippen molar-refractivity contribution in [2.75, 3.05) is 0 Å². The molecule has 0 fully saturated rings. The number of aryl methyl sites for hydroxylation is 2. The molecular weight excluding hydrogens is 178 g/mol. The van der Waals surface area contributed by atoms with Crippen LogP contribution in [0.1, 0.15) is 11.1 Å². The van der Waals surface area contributed by atoms with E-state index in [1.165, 1.54) is 0 Å². The predicted octanol–water partition coefficient (Wildman–Crippen LogP) is 2.66. The van der Waals surface area contributed by atoms with Crippen molar-refractivity contribution < 1.29 is 9.63 Å². The van der Waals surface area contributed by atoms with E-state index >= 15 is 0 Å². The lowest BCUT2D eigenvalue weighted by atomic mass is 10.1. The third-order valence-electron chi connectivity index (χ3n) is 2.15. The number of hydrogen-bond donors (Lipinski definition) is 1. The molecule has 0 unspecified atom stereocenters. The van der Waals surface area contributed by atoms with Crippen LogP contribution in [0.5, 0.6) is 5.75 Å². The minimum atomic E-state index is 0.218. The molecule has 1 aromatic carbocycles. The molecule has 2 rings (SSSR count). The Morgan fingerprint density at radius 2 is 2.07 bits per heavy atom. The highest BCUT2D eigenvalue weighted by Gasteiger charge is 2.11.